The Bertz CT molecular complexity index is 1150. The van der Waals surface area contributed by atoms with Gasteiger partial charge in [0.2, 0.25) is 0 Å². The zero-order chi connectivity index (χ0) is 30.6. The zero-order valence-electron chi connectivity index (χ0n) is 25.6. The van der Waals surface area contributed by atoms with Crippen molar-refractivity contribution in [1.29, 1.82) is 0 Å². The molecule has 42 heavy (non-hydrogen) atoms. The lowest BCUT2D eigenvalue weighted by atomic mass is 10.0. The number of anilines is 2. The van der Waals surface area contributed by atoms with Crippen molar-refractivity contribution in [3.05, 3.63) is 53.8 Å². The van der Waals surface area contributed by atoms with Crippen LogP contribution in [0.25, 0.3) is 0 Å². The van der Waals surface area contributed by atoms with E-state index in [-0.39, 0.29) is 30.6 Å². The van der Waals surface area contributed by atoms with E-state index >= 15 is 0 Å². The minimum Gasteiger partial charge on any atom is -0.490 e. The predicted molar refractivity (Wildman–Crippen MR) is 164 cm³/mol. The maximum atomic E-state index is 14.2. The number of ether oxygens (including phenoxy) is 2. The monoisotopic (exact) mass is 586 g/mol. The topological polar surface area (TPSA) is 103 Å². The van der Waals surface area contributed by atoms with Crippen LogP contribution in [0.1, 0.15) is 63.7 Å². The molecule has 0 spiro atoms. The number of aliphatic hydroxyl groups excluding tert-OH is 1. The molecule has 2 aromatic rings. The van der Waals surface area contributed by atoms with Crippen LogP contribution >= 0.6 is 0 Å². The van der Waals surface area contributed by atoms with Crippen molar-refractivity contribution in [3.63, 3.8) is 0 Å². The Morgan fingerprint density at radius 2 is 1.83 bits per heavy atom. The number of nitrogens with zero attached hydrogens (tertiary/aromatic N) is 2. The smallest absolute Gasteiger partial charge is 0.323 e. The molecular weight excluding hydrogens is 539 g/mol. The van der Waals surface area contributed by atoms with Crippen molar-refractivity contribution in [2.75, 3.05) is 50.5 Å². The van der Waals surface area contributed by atoms with E-state index in [9.17, 15) is 19.1 Å². The van der Waals surface area contributed by atoms with E-state index in [1.807, 2.05) is 13.8 Å². The third-order valence-corrected chi connectivity index (χ3v) is 7.51. The summed E-state index contributed by atoms with van der Waals surface area (Å²) in [5.41, 5.74) is 1.12. The van der Waals surface area contributed by atoms with Gasteiger partial charge in [0, 0.05) is 37.0 Å². The highest BCUT2D eigenvalue weighted by Crippen LogP contribution is 2.28. The molecule has 1 heterocycles. The summed E-state index contributed by atoms with van der Waals surface area (Å²) >= 11 is 0. The molecule has 1 aliphatic heterocycles. The molecule has 2 aromatic carbocycles. The Labute approximate surface area is 249 Å². The van der Waals surface area contributed by atoms with Crippen molar-refractivity contribution in [2.24, 2.45) is 5.92 Å². The molecule has 0 unspecified atom stereocenters. The number of carbonyl (C=O) groups is 2. The van der Waals surface area contributed by atoms with E-state index < -0.39 is 17.9 Å². The lowest BCUT2D eigenvalue weighted by molar-refractivity contribution is -0.0167. The van der Waals surface area contributed by atoms with Gasteiger partial charge in [-0.25, -0.2) is 9.18 Å². The van der Waals surface area contributed by atoms with Crippen molar-refractivity contribution < 1.29 is 28.6 Å². The first-order valence-electron chi connectivity index (χ1n) is 15.0. The summed E-state index contributed by atoms with van der Waals surface area (Å²) in [4.78, 5) is 30.8. The first kappa shape index (κ1) is 33.3. The normalized spacial score (nSPS) is 21.2. The number of amides is 3. The van der Waals surface area contributed by atoms with Gasteiger partial charge in [0.15, 0.2) is 0 Å². The quantitative estimate of drug-likeness (QED) is 0.372. The van der Waals surface area contributed by atoms with Crippen LogP contribution in [-0.4, -0.2) is 85.0 Å². The Morgan fingerprint density at radius 3 is 2.52 bits per heavy atom. The average Bonchev–Trinajstić information content (AvgIpc) is 2.96. The molecule has 3 N–H and O–H groups in total. The Balaban J connectivity index is 1.91. The number of rotatable bonds is 8. The van der Waals surface area contributed by atoms with Gasteiger partial charge in [-0.3, -0.25) is 4.79 Å². The van der Waals surface area contributed by atoms with E-state index in [0.717, 1.165) is 38.8 Å². The van der Waals surface area contributed by atoms with E-state index in [1.54, 1.807) is 23.1 Å². The third kappa shape index (κ3) is 9.96. The summed E-state index contributed by atoms with van der Waals surface area (Å²) in [5, 5.41) is 15.5. The standard InChI is InChI=1S/C32H47FN4O5/c1-6-16-36(5)20-30-22(2)19-37(23(3)21-38)31(39)28-18-27(35-32(40)34-26-12-10-25(33)11-13-26)14-15-29(28)42-24(4)9-7-8-17-41-30/h10-15,18,22-24,30,38H,6-9,16-17,19-21H2,1-5H3,(H2,34,35,40)/t22-,23-,24-,30+/m1/s1. The molecule has 3 rings (SSSR count). The molecule has 0 aromatic heterocycles. The summed E-state index contributed by atoms with van der Waals surface area (Å²) in [7, 11) is 2.08. The fourth-order valence-electron chi connectivity index (χ4n) is 5.07. The molecule has 0 saturated heterocycles. The van der Waals surface area contributed by atoms with Gasteiger partial charge in [0.25, 0.3) is 5.91 Å². The van der Waals surface area contributed by atoms with Crippen molar-refractivity contribution in [2.45, 2.75) is 71.6 Å². The summed E-state index contributed by atoms with van der Waals surface area (Å²) in [6, 6.07) is 9.43. The van der Waals surface area contributed by atoms with Crippen LogP contribution in [0.2, 0.25) is 0 Å². The number of aliphatic hydroxyl groups is 1. The molecular formula is C32H47FN4O5. The van der Waals surface area contributed by atoms with Crippen LogP contribution in [0, 0.1) is 11.7 Å². The number of likely N-dealkylation sites (N-methyl/N-ethyl adjacent to an activating group) is 1. The molecule has 0 aliphatic carbocycles. The predicted octanol–water partition coefficient (Wildman–Crippen LogP) is 5.61. The molecule has 0 bridgehead atoms. The fourth-order valence-corrected chi connectivity index (χ4v) is 5.07. The molecule has 0 saturated carbocycles. The maximum Gasteiger partial charge on any atom is 0.323 e. The number of benzene rings is 2. The van der Waals surface area contributed by atoms with Crippen LogP contribution in [0.3, 0.4) is 0 Å². The highest BCUT2D eigenvalue weighted by Gasteiger charge is 2.30. The average molecular weight is 587 g/mol. The number of fused-ring (bicyclic) bond motifs is 1. The van der Waals surface area contributed by atoms with Gasteiger partial charge in [-0.1, -0.05) is 13.8 Å². The highest BCUT2D eigenvalue weighted by atomic mass is 19.1. The SMILES string of the molecule is CCCN(C)C[C@@H]1OCCCC[C@@H](C)Oc2ccc(NC(=O)Nc3ccc(F)cc3)cc2C(=O)N([C@H](C)CO)C[C@H]1C. The van der Waals surface area contributed by atoms with Gasteiger partial charge >= 0.3 is 6.03 Å². The number of carbonyl (C=O) groups excluding carboxylic acids is 2. The second kappa shape index (κ2) is 16.4. The molecule has 3 amide bonds. The Hall–Kier alpha value is -3.21. The molecule has 0 radical (unpaired) electrons. The Kier molecular flexibility index (Phi) is 13.0. The van der Waals surface area contributed by atoms with E-state index in [4.69, 9.17) is 9.47 Å². The molecule has 232 valence electrons. The molecule has 9 nitrogen and oxygen atoms in total. The first-order valence-corrected chi connectivity index (χ1v) is 15.0. The van der Waals surface area contributed by atoms with Gasteiger partial charge in [-0.2, -0.15) is 0 Å². The summed E-state index contributed by atoms with van der Waals surface area (Å²) in [6.07, 6.45) is 3.44. The minimum absolute atomic E-state index is 0.00344. The van der Waals surface area contributed by atoms with Crippen LogP contribution in [-0.2, 0) is 4.74 Å². The number of nitrogens with one attached hydrogen (secondary N) is 2. The van der Waals surface area contributed by atoms with Crippen molar-refractivity contribution in [1.82, 2.24) is 9.80 Å². The molecule has 1 aliphatic rings. The fraction of sp³-hybridized carbons (Fsp3) is 0.562. The second-order valence-corrected chi connectivity index (χ2v) is 11.4. The van der Waals surface area contributed by atoms with Crippen LogP contribution in [0.4, 0.5) is 20.6 Å². The van der Waals surface area contributed by atoms with Crippen LogP contribution < -0.4 is 15.4 Å². The van der Waals surface area contributed by atoms with Crippen LogP contribution in [0.15, 0.2) is 42.5 Å². The highest BCUT2D eigenvalue weighted by molar-refractivity contribution is 6.02. The lowest BCUT2D eigenvalue weighted by Crippen LogP contribution is -2.47. The number of halogens is 1. The van der Waals surface area contributed by atoms with Gasteiger partial charge in [-0.15, -0.1) is 0 Å². The van der Waals surface area contributed by atoms with Crippen molar-refractivity contribution in [3.8, 4) is 5.75 Å². The second-order valence-electron chi connectivity index (χ2n) is 11.4. The van der Waals surface area contributed by atoms with E-state index in [1.165, 1.54) is 24.3 Å². The number of urea groups is 1. The van der Waals surface area contributed by atoms with E-state index in [2.05, 4.69) is 36.4 Å². The molecule has 0 fully saturated rings. The Morgan fingerprint density at radius 1 is 1.14 bits per heavy atom. The van der Waals surface area contributed by atoms with Gasteiger partial charge in [0.1, 0.15) is 11.6 Å². The van der Waals surface area contributed by atoms with Crippen molar-refractivity contribution >= 4 is 23.3 Å². The zero-order valence-corrected chi connectivity index (χ0v) is 25.6. The lowest BCUT2D eigenvalue weighted by Gasteiger charge is -2.35. The molecule has 10 heteroatoms. The van der Waals surface area contributed by atoms with Gasteiger partial charge in [-0.05, 0) is 95.6 Å². The minimum atomic E-state index is -0.533. The van der Waals surface area contributed by atoms with Crippen LogP contribution in [0.5, 0.6) is 5.75 Å². The third-order valence-electron chi connectivity index (χ3n) is 7.51. The maximum absolute atomic E-state index is 14.2. The van der Waals surface area contributed by atoms with Gasteiger partial charge in [0.05, 0.1) is 30.4 Å². The number of hydrogen-bond donors (Lipinski definition) is 3. The molecule has 4 atom stereocenters. The van der Waals surface area contributed by atoms with E-state index in [0.29, 0.717) is 35.8 Å². The summed E-state index contributed by atoms with van der Waals surface area (Å²) < 4.78 is 25.9. The summed E-state index contributed by atoms with van der Waals surface area (Å²) in [5.74, 6) is -0.281. The number of hydrogen-bond acceptors (Lipinski definition) is 6. The first-order chi connectivity index (χ1) is 20.1. The largest absolute Gasteiger partial charge is 0.490 e. The van der Waals surface area contributed by atoms with Gasteiger partial charge < -0.3 is 35.0 Å². The summed E-state index contributed by atoms with van der Waals surface area (Å²) in [6.45, 7) is 10.5.